The molecule has 0 unspecified atom stereocenters. The monoisotopic (exact) mass is 353 g/mol. The molecule has 0 spiro atoms. The molecule has 8 heteroatoms. The molecule has 0 bridgehead atoms. The number of aliphatic imine (C=N–C) groups is 1. The molecule has 1 aliphatic heterocycles. The lowest BCUT2D eigenvalue weighted by Crippen LogP contribution is -2.29. The van der Waals surface area contributed by atoms with Crippen molar-refractivity contribution in [2.45, 2.75) is 25.2 Å². The highest BCUT2D eigenvalue weighted by molar-refractivity contribution is 7.91. The molecule has 0 aliphatic carbocycles. The Balaban J connectivity index is 2.23. The maximum Gasteiger partial charge on any atom is 0.325 e. The second kappa shape index (κ2) is 7.57. The van der Waals surface area contributed by atoms with Gasteiger partial charge in [-0.25, -0.2) is 8.42 Å². The highest BCUT2D eigenvalue weighted by Gasteiger charge is 2.28. The van der Waals surface area contributed by atoms with Gasteiger partial charge in [-0.1, -0.05) is 0 Å². The fourth-order valence-corrected chi connectivity index (χ4v) is 3.89. The largest absolute Gasteiger partial charge is 0.465 e. The first-order valence-corrected chi connectivity index (χ1v) is 9.27. The van der Waals surface area contributed by atoms with E-state index in [4.69, 9.17) is 9.47 Å². The van der Waals surface area contributed by atoms with Crippen molar-refractivity contribution in [2.75, 3.05) is 19.0 Å². The van der Waals surface area contributed by atoms with E-state index >= 15 is 0 Å². The Morgan fingerprint density at radius 1 is 1.21 bits per heavy atom. The summed E-state index contributed by atoms with van der Waals surface area (Å²) < 4.78 is 33.3. The molecule has 0 fully saturated rings. The Hall–Kier alpha value is -2.22. The first-order chi connectivity index (χ1) is 11.4. The molecule has 130 valence electrons. The van der Waals surface area contributed by atoms with Gasteiger partial charge in [0.15, 0.2) is 15.8 Å². The molecule has 0 saturated heterocycles. The number of aryl methyl sites for hydroxylation is 1. The molecular formula is C16H19NO6S. The van der Waals surface area contributed by atoms with Gasteiger partial charge < -0.3 is 9.47 Å². The van der Waals surface area contributed by atoms with Crippen molar-refractivity contribution in [3.8, 4) is 0 Å². The van der Waals surface area contributed by atoms with Crippen molar-refractivity contribution in [3.63, 3.8) is 0 Å². The summed E-state index contributed by atoms with van der Waals surface area (Å²) >= 11 is 0. The SMILES string of the molecule is CCOC(=O)C(C=Nc1ccc2c(c1)CCS2(=O)=O)C(=O)OCC. The van der Waals surface area contributed by atoms with Crippen molar-refractivity contribution >= 4 is 33.7 Å². The van der Waals surface area contributed by atoms with Crippen LogP contribution in [0.5, 0.6) is 0 Å². The summed E-state index contributed by atoms with van der Waals surface area (Å²) in [4.78, 5) is 28.1. The summed E-state index contributed by atoms with van der Waals surface area (Å²) in [6.07, 6.45) is 1.60. The van der Waals surface area contributed by atoms with E-state index in [2.05, 4.69) is 4.99 Å². The third-order valence-electron chi connectivity index (χ3n) is 3.47. The lowest BCUT2D eigenvalue weighted by Gasteiger charge is -2.10. The Kier molecular flexibility index (Phi) is 5.71. The molecule has 2 rings (SSSR count). The van der Waals surface area contributed by atoms with Crippen LogP contribution in [0.4, 0.5) is 5.69 Å². The minimum atomic E-state index is -3.20. The van der Waals surface area contributed by atoms with E-state index in [-0.39, 0.29) is 19.0 Å². The molecule has 1 heterocycles. The van der Waals surface area contributed by atoms with Crippen LogP contribution >= 0.6 is 0 Å². The number of nitrogens with zero attached hydrogens (tertiary/aromatic N) is 1. The van der Waals surface area contributed by atoms with Gasteiger partial charge in [0, 0.05) is 6.21 Å². The van der Waals surface area contributed by atoms with Crippen molar-refractivity contribution in [1.29, 1.82) is 0 Å². The number of sulfone groups is 1. The maximum atomic E-state index is 11.9. The lowest BCUT2D eigenvalue weighted by molar-refractivity contribution is -0.157. The lowest BCUT2D eigenvalue weighted by atomic mass is 10.1. The van der Waals surface area contributed by atoms with Crippen LogP contribution in [0.1, 0.15) is 19.4 Å². The van der Waals surface area contributed by atoms with Crippen LogP contribution in [0.25, 0.3) is 0 Å². The van der Waals surface area contributed by atoms with E-state index in [1.807, 2.05) is 0 Å². The predicted octanol–water partition coefficient (Wildman–Crippen LogP) is 1.46. The number of benzene rings is 1. The normalized spacial score (nSPS) is 15.5. The van der Waals surface area contributed by atoms with E-state index in [9.17, 15) is 18.0 Å². The third kappa shape index (κ3) is 4.00. The molecule has 1 aliphatic rings. The first kappa shape index (κ1) is 18.1. The van der Waals surface area contributed by atoms with Crippen molar-refractivity contribution in [3.05, 3.63) is 23.8 Å². The van der Waals surface area contributed by atoms with Gasteiger partial charge in [-0.2, -0.15) is 0 Å². The van der Waals surface area contributed by atoms with E-state index < -0.39 is 27.7 Å². The van der Waals surface area contributed by atoms with Crippen LogP contribution in [0.3, 0.4) is 0 Å². The van der Waals surface area contributed by atoms with Gasteiger partial charge in [-0.15, -0.1) is 0 Å². The van der Waals surface area contributed by atoms with Crippen LogP contribution in [0.15, 0.2) is 28.1 Å². The predicted molar refractivity (Wildman–Crippen MR) is 87.1 cm³/mol. The topological polar surface area (TPSA) is 99.1 Å². The summed E-state index contributed by atoms with van der Waals surface area (Å²) in [6, 6.07) is 4.67. The van der Waals surface area contributed by atoms with Gasteiger partial charge in [0.1, 0.15) is 0 Å². The number of carbonyl (C=O) groups is 2. The van der Waals surface area contributed by atoms with Crippen molar-refractivity contribution in [2.24, 2.45) is 10.9 Å². The molecule has 7 nitrogen and oxygen atoms in total. The average Bonchev–Trinajstić information content (AvgIpc) is 2.83. The van der Waals surface area contributed by atoms with Crippen molar-refractivity contribution in [1.82, 2.24) is 0 Å². The van der Waals surface area contributed by atoms with Crippen LogP contribution < -0.4 is 0 Å². The minimum absolute atomic E-state index is 0.0871. The molecule has 24 heavy (non-hydrogen) atoms. The van der Waals surface area contributed by atoms with Gasteiger partial charge in [-0.05, 0) is 44.0 Å². The fraction of sp³-hybridized carbons (Fsp3) is 0.438. The Bertz CT molecular complexity index is 751. The minimum Gasteiger partial charge on any atom is -0.465 e. The Morgan fingerprint density at radius 3 is 2.42 bits per heavy atom. The van der Waals surface area contributed by atoms with E-state index in [1.165, 1.54) is 18.3 Å². The summed E-state index contributed by atoms with van der Waals surface area (Å²) in [5.41, 5.74) is 1.15. The maximum absolute atomic E-state index is 11.9. The molecule has 0 radical (unpaired) electrons. The molecule has 0 aromatic heterocycles. The van der Waals surface area contributed by atoms with E-state index in [0.29, 0.717) is 22.6 Å². The molecular weight excluding hydrogens is 334 g/mol. The second-order valence-corrected chi connectivity index (χ2v) is 7.20. The highest BCUT2D eigenvalue weighted by Crippen LogP contribution is 2.29. The quantitative estimate of drug-likeness (QED) is 0.436. The molecule has 1 aromatic rings. The fourth-order valence-electron chi connectivity index (χ4n) is 2.34. The molecule has 0 amide bonds. The number of carbonyl (C=O) groups excluding carboxylic acids is 2. The zero-order chi connectivity index (χ0) is 17.7. The summed E-state index contributed by atoms with van der Waals surface area (Å²) in [7, 11) is -3.20. The standard InChI is InChI=1S/C16H19NO6S/c1-3-22-15(18)13(16(19)23-4-2)10-17-12-5-6-14-11(9-12)7-8-24(14,20)21/h5-6,9-10,13H,3-4,7-8H2,1-2H3. The Labute approximate surface area is 140 Å². The van der Waals surface area contributed by atoms with Crippen LogP contribution in [-0.4, -0.2) is 45.5 Å². The number of ether oxygens (including phenoxy) is 2. The van der Waals surface area contributed by atoms with Gasteiger partial charge in [0.25, 0.3) is 0 Å². The molecule has 0 atom stereocenters. The number of esters is 2. The zero-order valence-corrected chi connectivity index (χ0v) is 14.3. The Morgan fingerprint density at radius 2 is 1.83 bits per heavy atom. The van der Waals surface area contributed by atoms with Gasteiger partial charge in [0.2, 0.25) is 0 Å². The molecule has 1 aromatic carbocycles. The van der Waals surface area contributed by atoms with Gasteiger partial charge >= 0.3 is 11.9 Å². The average molecular weight is 353 g/mol. The first-order valence-electron chi connectivity index (χ1n) is 7.62. The number of hydrogen-bond acceptors (Lipinski definition) is 7. The number of rotatable bonds is 6. The summed E-state index contributed by atoms with van der Waals surface area (Å²) in [6.45, 7) is 3.55. The zero-order valence-electron chi connectivity index (χ0n) is 13.5. The summed E-state index contributed by atoms with van der Waals surface area (Å²) in [5.74, 6) is -2.63. The highest BCUT2D eigenvalue weighted by atomic mass is 32.2. The summed E-state index contributed by atoms with van der Waals surface area (Å²) in [5, 5.41) is 0. The second-order valence-electron chi connectivity index (χ2n) is 5.12. The van der Waals surface area contributed by atoms with Crippen molar-refractivity contribution < 1.29 is 27.5 Å². The molecule has 0 N–H and O–H groups in total. The third-order valence-corrected chi connectivity index (χ3v) is 5.28. The van der Waals surface area contributed by atoms with E-state index in [0.717, 1.165) is 0 Å². The van der Waals surface area contributed by atoms with Gasteiger partial charge in [-0.3, -0.25) is 14.6 Å². The smallest absolute Gasteiger partial charge is 0.325 e. The van der Waals surface area contributed by atoms with Crippen LogP contribution in [0, 0.1) is 5.92 Å². The van der Waals surface area contributed by atoms with Crippen LogP contribution in [0.2, 0.25) is 0 Å². The van der Waals surface area contributed by atoms with Gasteiger partial charge in [0.05, 0.1) is 29.5 Å². The molecule has 0 saturated carbocycles. The van der Waals surface area contributed by atoms with E-state index in [1.54, 1.807) is 19.9 Å². The van der Waals surface area contributed by atoms with Crippen LogP contribution in [-0.2, 0) is 35.3 Å². The number of hydrogen-bond donors (Lipinski definition) is 0. The number of fused-ring (bicyclic) bond motifs is 1.